The van der Waals surface area contributed by atoms with Crippen LogP contribution >= 0.6 is 0 Å². The number of benzene rings is 1. The highest BCUT2D eigenvalue weighted by Gasteiger charge is 2.51. The van der Waals surface area contributed by atoms with Gasteiger partial charge in [-0.05, 0) is 45.3 Å². The molecule has 1 aliphatic heterocycles. The molecule has 5 heteroatoms. The molecule has 0 saturated carbocycles. The van der Waals surface area contributed by atoms with Crippen LogP contribution < -0.4 is 5.46 Å². The first-order valence-corrected chi connectivity index (χ1v) is 6.74. The summed E-state index contributed by atoms with van der Waals surface area (Å²) in [5.74, 6) is 0.616. The van der Waals surface area contributed by atoms with Gasteiger partial charge in [-0.3, -0.25) is 0 Å². The molecule has 1 fully saturated rings. The molecular weight excluding hydrogens is 253 g/mol. The van der Waals surface area contributed by atoms with Crippen LogP contribution in [0.5, 0.6) is 0 Å². The third kappa shape index (κ3) is 2.17. The zero-order valence-electron chi connectivity index (χ0n) is 12.2. The number of hydrogen-bond acceptors (Lipinski definition) is 4. The van der Waals surface area contributed by atoms with E-state index >= 15 is 0 Å². The molecule has 20 heavy (non-hydrogen) atoms. The second-order valence-corrected chi connectivity index (χ2v) is 6.05. The van der Waals surface area contributed by atoms with Crippen molar-refractivity contribution in [1.82, 2.24) is 4.98 Å². The topological polar surface area (TPSA) is 44.5 Å². The van der Waals surface area contributed by atoms with Crippen LogP contribution in [0.4, 0.5) is 0 Å². The van der Waals surface area contributed by atoms with Crippen LogP contribution in [0.3, 0.4) is 0 Å². The molecule has 0 bridgehead atoms. The summed E-state index contributed by atoms with van der Waals surface area (Å²) in [6.07, 6.45) is 3.20. The fraction of sp³-hybridized carbons (Fsp3) is 0.400. The lowest BCUT2D eigenvalue weighted by Crippen LogP contribution is -2.41. The second-order valence-electron chi connectivity index (χ2n) is 6.05. The third-order valence-corrected chi connectivity index (χ3v) is 4.12. The summed E-state index contributed by atoms with van der Waals surface area (Å²) in [5, 5.41) is 0. The van der Waals surface area contributed by atoms with Crippen molar-refractivity contribution in [3.05, 3.63) is 36.7 Å². The van der Waals surface area contributed by atoms with Crippen molar-refractivity contribution in [2.75, 3.05) is 0 Å². The minimum absolute atomic E-state index is 0.321. The molecule has 4 nitrogen and oxygen atoms in total. The normalized spacial score (nSPS) is 20.3. The van der Waals surface area contributed by atoms with E-state index < -0.39 is 0 Å². The fourth-order valence-electron chi connectivity index (χ4n) is 2.13. The predicted octanol–water partition coefficient (Wildman–Crippen LogP) is 2.64. The van der Waals surface area contributed by atoms with Crippen molar-refractivity contribution in [3.8, 4) is 11.5 Å². The van der Waals surface area contributed by atoms with Gasteiger partial charge in [0, 0.05) is 5.56 Å². The molecule has 0 spiro atoms. The molecule has 0 unspecified atom stereocenters. The summed E-state index contributed by atoms with van der Waals surface area (Å²) < 4.78 is 17.3. The van der Waals surface area contributed by atoms with E-state index in [1.165, 1.54) is 0 Å². The first-order chi connectivity index (χ1) is 9.39. The van der Waals surface area contributed by atoms with Gasteiger partial charge >= 0.3 is 7.12 Å². The molecule has 1 saturated heterocycles. The zero-order chi connectivity index (χ0) is 14.4. The summed E-state index contributed by atoms with van der Waals surface area (Å²) in [6.45, 7) is 8.20. The minimum atomic E-state index is -0.335. The summed E-state index contributed by atoms with van der Waals surface area (Å²) in [6, 6.07) is 7.90. The smallest absolute Gasteiger partial charge is 0.445 e. The summed E-state index contributed by atoms with van der Waals surface area (Å²) in [5.41, 5.74) is 1.30. The number of aromatic nitrogens is 1. The standard InChI is InChI=1S/C15H18BNO3/c1-14(2)15(3,4)20-16(19-14)12-7-5-11(6-8-12)13-17-9-10-18-13/h5-10H,1-4H3. The Morgan fingerprint density at radius 1 is 0.950 bits per heavy atom. The molecule has 0 N–H and O–H groups in total. The fourth-order valence-corrected chi connectivity index (χ4v) is 2.13. The van der Waals surface area contributed by atoms with E-state index in [-0.39, 0.29) is 18.3 Å². The molecule has 3 rings (SSSR count). The Kier molecular flexibility index (Phi) is 2.99. The highest BCUT2D eigenvalue weighted by atomic mass is 16.7. The molecular formula is C15H18BNO3. The Labute approximate surface area is 119 Å². The number of oxazole rings is 1. The van der Waals surface area contributed by atoms with E-state index in [0.29, 0.717) is 5.89 Å². The van der Waals surface area contributed by atoms with Crippen molar-refractivity contribution in [3.63, 3.8) is 0 Å². The van der Waals surface area contributed by atoms with E-state index in [9.17, 15) is 0 Å². The van der Waals surface area contributed by atoms with Crippen LogP contribution in [0.2, 0.25) is 0 Å². The monoisotopic (exact) mass is 271 g/mol. The number of nitrogens with zero attached hydrogens (tertiary/aromatic N) is 1. The molecule has 1 aliphatic rings. The molecule has 2 heterocycles. The lowest BCUT2D eigenvalue weighted by molar-refractivity contribution is 0.00578. The SMILES string of the molecule is CC1(C)OB(c2ccc(-c3ncco3)cc2)OC1(C)C. The zero-order valence-corrected chi connectivity index (χ0v) is 12.2. The Morgan fingerprint density at radius 3 is 2.05 bits per heavy atom. The quantitative estimate of drug-likeness (QED) is 0.787. The molecule has 2 aromatic rings. The predicted molar refractivity (Wildman–Crippen MR) is 77.7 cm³/mol. The Balaban J connectivity index is 1.83. The average Bonchev–Trinajstić information content (AvgIpc) is 2.97. The Bertz CT molecular complexity index is 574. The Morgan fingerprint density at radius 2 is 1.55 bits per heavy atom. The van der Waals surface area contributed by atoms with Crippen molar-refractivity contribution < 1.29 is 13.7 Å². The van der Waals surface area contributed by atoms with Crippen LogP contribution in [0.25, 0.3) is 11.5 Å². The lowest BCUT2D eigenvalue weighted by Gasteiger charge is -2.32. The first kappa shape index (κ1) is 13.4. The minimum Gasteiger partial charge on any atom is -0.445 e. The summed E-state index contributed by atoms with van der Waals surface area (Å²) in [7, 11) is -0.335. The maximum absolute atomic E-state index is 6.02. The first-order valence-electron chi connectivity index (χ1n) is 6.74. The van der Waals surface area contributed by atoms with Crippen LogP contribution in [-0.2, 0) is 9.31 Å². The summed E-state index contributed by atoms with van der Waals surface area (Å²) >= 11 is 0. The van der Waals surface area contributed by atoms with Crippen LogP contribution in [0.1, 0.15) is 27.7 Å². The molecule has 0 radical (unpaired) electrons. The number of hydrogen-bond donors (Lipinski definition) is 0. The Hall–Kier alpha value is -1.59. The van der Waals surface area contributed by atoms with Crippen molar-refractivity contribution in [1.29, 1.82) is 0 Å². The maximum atomic E-state index is 6.02. The van der Waals surface area contributed by atoms with E-state index in [4.69, 9.17) is 13.7 Å². The van der Waals surface area contributed by atoms with Crippen molar-refractivity contribution in [2.24, 2.45) is 0 Å². The largest absolute Gasteiger partial charge is 0.494 e. The van der Waals surface area contributed by atoms with Gasteiger partial charge in [0.15, 0.2) is 0 Å². The van der Waals surface area contributed by atoms with Gasteiger partial charge in [-0.25, -0.2) is 4.98 Å². The highest BCUT2D eigenvalue weighted by molar-refractivity contribution is 6.62. The second kappa shape index (κ2) is 4.47. The van der Waals surface area contributed by atoms with Crippen molar-refractivity contribution in [2.45, 2.75) is 38.9 Å². The molecule has 0 atom stereocenters. The van der Waals surface area contributed by atoms with Gasteiger partial charge in [-0.1, -0.05) is 12.1 Å². The van der Waals surface area contributed by atoms with Gasteiger partial charge in [0.05, 0.1) is 17.4 Å². The van der Waals surface area contributed by atoms with E-state index in [1.54, 1.807) is 12.5 Å². The average molecular weight is 271 g/mol. The summed E-state index contributed by atoms with van der Waals surface area (Å²) in [4.78, 5) is 4.13. The van der Waals surface area contributed by atoms with Gasteiger partial charge in [-0.15, -0.1) is 0 Å². The third-order valence-electron chi connectivity index (χ3n) is 4.12. The van der Waals surface area contributed by atoms with Crippen LogP contribution in [-0.4, -0.2) is 23.3 Å². The van der Waals surface area contributed by atoms with E-state index in [2.05, 4.69) is 4.98 Å². The molecule has 1 aromatic heterocycles. The number of rotatable bonds is 2. The molecule has 104 valence electrons. The van der Waals surface area contributed by atoms with Crippen molar-refractivity contribution >= 4 is 12.6 Å². The lowest BCUT2D eigenvalue weighted by atomic mass is 9.79. The van der Waals surface area contributed by atoms with Gasteiger partial charge < -0.3 is 13.7 Å². The van der Waals surface area contributed by atoms with E-state index in [0.717, 1.165) is 11.0 Å². The molecule has 0 amide bonds. The maximum Gasteiger partial charge on any atom is 0.494 e. The van der Waals surface area contributed by atoms with Gasteiger partial charge in [0.25, 0.3) is 0 Å². The molecule has 1 aromatic carbocycles. The van der Waals surface area contributed by atoms with Gasteiger partial charge in [0.1, 0.15) is 6.26 Å². The van der Waals surface area contributed by atoms with Crippen LogP contribution in [0.15, 0.2) is 41.1 Å². The van der Waals surface area contributed by atoms with Gasteiger partial charge in [0.2, 0.25) is 5.89 Å². The highest BCUT2D eigenvalue weighted by Crippen LogP contribution is 2.36. The van der Waals surface area contributed by atoms with Crippen LogP contribution in [0, 0.1) is 0 Å². The molecule has 0 aliphatic carbocycles. The van der Waals surface area contributed by atoms with E-state index in [1.807, 2.05) is 52.0 Å². The van der Waals surface area contributed by atoms with Gasteiger partial charge in [-0.2, -0.15) is 0 Å².